The molecule has 0 spiro atoms. The molecule has 0 saturated carbocycles. The summed E-state index contributed by atoms with van der Waals surface area (Å²) in [5.74, 6) is 2.55. The van der Waals surface area contributed by atoms with Crippen LogP contribution in [-0.2, 0) is 0 Å². The molecule has 0 fully saturated rings. The molecule has 1 aromatic heterocycles. The summed E-state index contributed by atoms with van der Waals surface area (Å²) in [6.07, 6.45) is 1.75. The minimum atomic E-state index is 0.228. The molecule has 0 radical (unpaired) electrons. The Balaban J connectivity index is 2.76. The van der Waals surface area contributed by atoms with Gasteiger partial charge in [-0.2, -0.15) is 4.98 Å². The van der Waals surface area contributed by atoms with E-state index in [0.717, 1.165) is 5.82 Å². The minimum Gasteiger partial charge on any atom is -0.366 e. The number of aromatic nitrogens is 2. The van der Waals surface area contributed by atoms with E-state index < -0.39 is 0 Å². The van der Waals surface area contributed by atoms with Gasteiger partial charge in [0, 0.05) is 32.2 Å². The fraction of sp³-hybridized carbons (Fsp3) is 0.636. The van der Waals surface area contributed by atoms with E-state index >= 15 is 0 Å². The van der Waals surface area contributed by atoms with E-state index in [9.17, 15) is 0 Å². The monoisotopic (exact) mass is 242 g/mol. The van der Waals surface area contributed by atoms with Crippen LogP contribution in [0, 0.1) is 5.92 Å². The number of nitrogens with one attached hydrogen (secondary N) is 1. The Morgan fingerprint density at radius 1 is 1.44 bits per heavy atom. The summed E-state index contributed by atoms with van der Waals surface area (Å²) in [7, 11) is 3.83. The fourth-order valence-electron chi connectivity index (χ4n) is 1.22. The lowest BCUT2D eigenvalue weighted by Crippen LogP contribution is -2.28. The van der Waals surface area contributed by atoms with Gasteiger partial charge in [-0.25, -0.2) is 4.98 Å². The Morgan fingerprint density at radius 3 is 2.62 bits per heavy atom. The molecule has 0 saturated heterocycles. The molecule has 0 amide bonds. The first-order valence-electron chi connectivity index (χ1n) is 5.37. The van der Waals surface area contributed by atoms with Gasteiger partial charge in [-0.05, 0) is 12.0 Å². The van der Waals surface area contributed by atoms with Gasteiger partial charge in [0.15, 0.2) is 0 Å². The highest BCUT2D eigenvalue weighted by Crippen LogP contribution is 2.13. The zero-order valence-electron chi connectivity index (χ0n) is 10.2. The van der Waals surface area contributed by atoms with Gasteiger partial charge in [0.25, 0.3) is 0 Å². The molecule has 1 heterocycles. The van der Waals surface area contributed by atoms with Crippen molar-refractivity contribution < 1.29 is 0 Å². The zero-order chi connectivity index (χ0) is 12.1. The molecule has 5 heteroatoms. The van der Waals surface area contributed by atoms with Gasteiger partial charge < -0.3 is 10.2 Å². The van der Waals surface area contributed by atoms with Crippen molar-refractivity contribution in [1.29, 1.82) is 0 Å². The Bertz CT molecular complexity index is 328. The van der Waals surface area contributed by atoms with Crippen molar-refractivity contribution in [3.8, 4) is 0 Å². The van der Waals surface area contributed by atoms with Crippen LogP contribution < -0.4 is 10.2 Å². The summed E-state index contributed by atoms with van der Waals surface area (Å²) in [5, 5.41) is 3.31. The van der Waals surface area contributed by atoms with E-state index in [1.54, 1.807) is 6.20 Å². The lowest BCUT2D eigenvalue weighted by molar-refractivity contribution is 0.562. The fourth-order valence-corrected chi connectivity index (χ4v) is 1.65. The van der Waals surface area contributed by atoms with E-state index in [-0.39, 0.29) is 6.04 Å². The van der Waals surface area contributed by atoms with Crippen molar-refractivity contribution in [3.05, 3.63) is 12.3 Å². The maximum atomic E-state index is 5.90. The highest BCUT2D eigenvalue weighted by Gasteiger charge is 2.12. The van der Waals surface area contributed by atoms with Crippen molar-refractivity contribution in [2.24, 2.45) is 5.92 Å². The predicted molar refractivity (Wildman–Crippen MR) is 69.3 cm³/mol. The van der Waals surface area contributed by atoms with Crippen molar-refractivity contribution in [1.82, 2.24) is 9.97 Å². The molecule has 1 atom stereocenters. The second kappa shape index (κ2) is 5.89. The van der Waals surface area contributed by atoms with Crippen LogP contribution in [0.25, 0.3) is 0 Å². The third-order valence-corrected chi connectivity index (χ3v) is 2.68. The maximum Gasteiger partial charge on any atom is 0.226 e. The van der Waals surface area contributed by atoms with E-state index in [4.69, 9.17) is 11.6 Å². The first kappa shape index (κ1) is 13.0. The van der Waals surface area contributed by atoms with Crippen LogP contribution >= 0.6 is 11.6 Å². The second-order valence-electron chi connectivity index (χ2n) is 4.29. The summed E-state index contributed by atoms with van der Waals surface area (Å²) in [5.41, 5.74) is 0. The molecule has 1 rings (SSSR count). The summed E-state index contributed by atoms with van der Waals surface area (Å²) < 4.78 is 0. The number of rotatable bonds is 5. The van der Waals surface area contributed by atoms with E-state index in [2.05, 4.69) is 29.1 Å². The van der Waals surface area contributed by atoms with E-state index in [1.165, 1.54) is 0 Å². The molecular formula is C11H19ClN4. The van der Waals surface area contributed by atoms with Gasteiger partial charge in [0.1, 0.15) is 5.82 Å². The van der Waals surface area contributed by atoms with Gasteiger partial charge in [0.2, 0.25) is 5.95 Å². The van der Waals surface area contributed by atoms with Gasteiger partial charge in [-0.15, -0.1) is 11.6 Å². The van der Waals surface area contributed by atoms with Crippen LogP contribution in [-0.4, -0.2) is 36.0 Å². The SMILES string of the molecule is CC(C)C(CCl)Nc1ccnc(N(C)C)n1. The Kier molecular flexibility index (Phi) is 4.80. The van der Waals surface area contributed by atoms with Crippen molar-refractivity contribution in [2.75, 3.05) is 30.2 Å². The standard InChI is InChI=1S/C11H19ClN4/c1-8(2)9(7-12)14-10-5-6-13-11(15-10)16(3)4/h5-6,8-9H,7H2,1-4H3,(H,13,14,15). The second-order valence-corrected chi connectivity index (χ2v) is 4.59. The maximum absolute atomic E-state index is 5.90. The van der Waals surface area contributed by atoms with Crippen LogP contribution in [0.3, 0.4) is 0 Å². The topological polar surface area (TPSA) is 41.1 Å². The number of anilines is 2. The minimum absolute atomic E-state index is 0.228. The number of nitrogens with zero attached hydrogens (tertiary/aromatic N) is 3. The average molecular weight is 243 g/mol. The van der Waals surface area contributed by atoms with Crippen molar-refractivity contribution in [2.45, 2.75) is 19.9 Å². The first-order valence-corrected chi connectivity index (χ1v) is 5.91. The van der Waals surface area contributed by atoms with E-state index in [0.29, 0.717) is 17.7 Å². The third-order valence-electron chi connectivity index (χ3n) is 2.35. The largest absolute Gasteiger partial charge is 0.366 e. The zero-order valence-corrected chi connectivity index (χ0v) is 11.0. The van der Waals surface area contributed by atoms with Crippen molar-refractivity contribution in [3.63, 3.8) is 0 Å². The summed E-state index contributed by atoms with van der Waals surface area (Å²) in [6.45, 7) is 4.27. The van der Waals surface area contributed by atoms with Gasteiger partial charge in [-0.3, -0.25) is 0 Å². The smallest absolute Gasteiger partial charge is 0.226 e. The van der Waals surface area contributed by atoms with E-state index in [1.807, 2.05) is 25.1 Å². The summed E-state index contributed by atoms with van der Waals surface area (Å²) in [4.78, 5) is 10.4. The quantitative estimate of drug-likeness (QED) is 0.804. The van der Waals surface area contributed by atoms with Crippen LogP contribution in [0.1, 0.15) is 13.8 Å². The van der Waals surface area contributed by atoms with Crippen LogP contribution in [0.4, 0.5) is 11.8 Å². The van der Waals surface area contributed by atoms with Crippen LogP contribution in [0.15, 0.2) is 12.3 Å². The lowest BCUT2D eigenvalue weighted by atomic mass is 10.1. The molecule has 1 N–H and O–H groups in total. The molecule has 1 unspecified atom stereocenters. The van der Waals surface area contributed by atoms with Gasteiger partial charge in [-0.1, -0.05) is 13.8 Å². The number of hydrogen-bond acceptors (Lipinski definition) is 4. The van der Waals surface area contributed by atoms with Gasteiger partial charge >= 0.3 is 0 Å². The first-order chi connectivity index (χ1) is 7.54. The number of halogens is 1. The molecule has 0 aromatic carbocycles. The molecule has 90 valence electrons. The van der Waals surface area contributed by atoms with Crippen LogP contribution in [0.2, 0.25) is 0 Å². The molecule has 16 heavy (non-hydrogen) atoms. The third kappa shape index (κ3) is 3.52. The van der Waals surface area contributed by atoms with Crippen molar-refractivity contribution >= 4 is 23.4 Å². The molecule has 0 bridgehead atoms. The average Bonchev–Trinajstić information content (AvgIpc) is 2.25. The van der Waals surface area contributed by atoms with Crippen LogP contribution in [0.5, 0.6) is 0 Å². The van der Waals surface area contributed by atoms with Gasteiger partial charge in [0.05, 0.1) is 0 Å². The Hall–Kier alpha value is -1.03. The predicted octanol–water partition coefficient (Wildman–Crippen LogP) is 2.22. The Labute approximate surface area is 102 Å². The summed E-state index contributed by atoms with van der Waals surface area (Å²) >= 11 is 5.90. The number of hydrogen-bond donors (Lipinski definition) is 1. The Morgan fingerprint density at radius 2 is 2.12 bits per heavy atom. The normalized spacial score (nSPS) is 12.6. The molecule has 4 nitrogen and oxygen atoms in total. The molecule has 1 aromatic rings. The molecule has 0 aliphatic rings. The highest BCUT2D eigenvalue weighted by molar-refractivity contribution is 6.18. The summed E-state index contributed by atoms with van der Waals surface area (Å²) in [6, 6.07) is 2.08. The number of alkyl halides is 1. The lowest BCUT2D eigenvalue weighted by Gasteiger charge is -2.21. The molecule has 0 aliphatic carbocycles. The highest BCUT2D eigenvalue weighted by atomic mass is 35.5. The molecular weight excluding hydrogens is 224 g/mol. The molecule has 0 aliphatic heterocycles.